The van der Waals surface area contributed by atoms with Gasteiger partial charge < -0.3 is 15.1 Å². The van der Waals surface area contributed by atoms with Crippen molar-refractivity contribution in [2.45, 2.75) is 32.6 Å². The lowest BCUT2D eigenvalue weighted by molar-refractivity contribution is 0.271. The molecule has 2 aliphatic rings. The molecular weight excluding hydrogens is 308 g/mol. The molecule has 2 fully saturated rings. The maximum atomic E-state index is 4.51. The first-order chi connectivity index (χ1) is 12.2. The molecule has 25 heavy (non-hydrogen) atoms. The minimum Gasteiger partial charge on any atom is -0.356 e. The Morgan fingerprint density at radius 2 is 1.88 bits per heavy atom. The van der Waals surface area contributed by atoms with Crippen molar-refractivity contribution in [1.29, 1.82) is 0 Å². The highest BCUT2D eigenvalue weighted by molar-refractivity contribution is 5.79. The van der Waals surface area contributed by atoms with E-state index in [0.717, 1.165) is 43.9 Å². The summed E-state index contributed by atoms with van der Waals surface area (Å²) in [7, 11) is 1.92. The first kappa shape index (κ1) is 18.2. The Bertz CT molecular complexity index is 534. The molecule has 0 bridgehead atoms. The Hall–Kier alpha value is -1.55. The molecule has 1 aromatic carbocycles. The standard InChI is InChI=1S/C21H34N4/c1-18-8-14-25(15-9-18)21(22-2)23-16-20-11-13-24(17-20)12-10-19-6-4-3-5-7-19/h3-7,18,20H,8-17H2,1-2H3,(H,22,23). The van der Waals surface area contributed by atoms with E-state index in [1.165, 1.54) is 44.5 Å². The van der Waals surface area contributed by atoms with Crippen LogP contribution in [0.2, 0.25) is 0 Å². The molecule has 0 saturated carbocycles. The van der Waals surface area contributed by atoms with Crippen molar-refractivity contribution >= 4 is 5.96 Å². The summed E-state index contributed by atoms with van der Waals surface area (Å²) in [4.78, 5) is 9.56. The van der Waals surface area contributed by atoms with Gasteiger partial charge in [0.05, 0.1) is 0 Å². The SMILES string of the molecule is CN=C(NCC1CCN(CCc2ccccc2)C1)N1CCC(C)CC1. The molecule has 1 atom stereocenters. The Kier molecular flexibility index (Phi) is 6.74. The number of hydrogen-bond acceptors (Lipinski definition) is 2. The van der Waals surface area contributed by atoms with Crippen LogP contribution in [0.25, 0.3) is 0 Å². The number of likely N-dealkylation sites (tertiary alicyclic amines) is 2. The normalized spacial score (nSPS) is 23.2. The number of benzene rings is 1. The molecule has 0 aliphatic carbocycles. The van der Waals surface area contributed by atoms with Gasteiger partial charge in [-0.1, -0.05) is 37.3 Å². The molecule has 0 spiro atoms. The minimum absolute atomic E-state index is 0.747. The van der Waals surface area contributed by atoms with Crippen LogP contribution in [0.4, 0.5) is 0 Å². The minimum atomic E-state index is 0.747. The van der Waals surface area contributed by atoms with Gasteiger partial charge in [-0.3, -0.25) is 4.99 Å². The summed E-state index contributed by atoms with van der Waals surface area (Å²) < 4.78 is 0. The first-order valence-electron chi connectivity index (χ1n) is 9.96. The number of piperidine rings is 1. The van der Waals surface area contributed by atoms with Crippen molar-refractivity contribution in [3.8, 4) is 0 Å². The molecule has 1 aromatic rings. The Labute approximate surface area is 153 Å². The molecule has 2 heterocycles. The lowest BCUT2D eigenvalue weighted by Gasteiger charge is -2.33. The average molecular weight is 343 g/mol. The van der Waals surface area contributed by atoms with Gasteiger partial charge >= 0.3 is 0 Å². The predicted molar refractivity (Wildman–Crippen MR) is 106 cm³/mol. The zero-order chi connectivity index (χ0) is 17.5. The van der Waals surface area contributed by atoms with Crippen LogP contribution in [-0.4, -0.2) is 62.1 Å². The molecule has 2 saturated heterocycles. The van der Waals surface area contributed by atoms with Gasteiger partial charge in [0, 0.05) is 39.8 Å². The van der Waals surface area contributed by atoms with Gasteiger partial charge in [-0.05, 0) is 49.6 Å². The molecule has 138 valence electrons. The van der Waals surface area contributed by atoms with Gasteiger partial charge in [-0.25, -0.2) is 0 Å². The van der Waals surface area contributed by atoms with Crippen molar-refractivity contribution in [1.82, 2.24) is 15.1 Å². The lowest BCUT2D eigenvalue weighted by Crippen LogP contribution is -2.46. The van der Waals surface area contributed by atoms with Crippen LogP contribution in [0.1, 0.15) is 31.7 Å². The third-order valence-corrected chi connectivity index (χ3v) is 5.77. The molecule has 0 amide bonds. The Morgan fingerprint density at radius 1 is 1.12 bits per heavy atom. The average Bonchev–Trinajstić information content (AvgIpc) is 3.11. The number of nitrogens with zero attached hydrogens (tertiary/aromatic N) is 3. The van der Waals surface area contributed by atoms with Gasteiger partial charge in [0.15, 0.2) is 5.96 Å². The summed E-state index contributed by atoms with van der Waals surface area (Å²) in [6.07, 6.45) is 5.04. The van der Waals surface area contributed by atoms with E-state index in [-0.39, 0.29) is 0 Å². The fraction of sp³-hybridized carbons (Fsp3) is 0.667. The molecule has 3 rings (SSSR count). The molecular formula is C21H34N4. The largest absolute Gasteiger partial charge is 0.356 e. The van der Waals surface area contributed by atoms with Gasteiger partial charge in [0.25, 0.3) is 0 Å². The van der Waals surface area contributed by atoms with Crippen molar-refractivity contribution in [2.75, 3.05) is 46.3 Å². The van der Waals surface area contributed by atoms with Crippen molar-refractivity contribution < 1.29 is 0 Å². The molecule has 1 N–H and O–H groups in total. The van der Waals surface area contributed by atoms with Crippen molar-refractivity contribution in [3.63, 3.8) is 0 Å². The summed E-state index contributed by atoms with van der Waals surface area (Å²) in [5, 5.41) is 3.64. The molecule has 0 aromatic heterocycles. The molecule has 1 unspecified atom stereocenters. The van der Waals surface area contributed by atoms with E-state index >= 15 is 0 Å². The van der Waals surface area contributed by atoms with Crippen LogP contribution in [0, 0.1) is 11.8 Å². The van der Waals surface area contributed by atoms with Crippen LogP contribution in [-0.2, 0) is 6.42 Å². The molecule has 4 nitrogen and oxygen atoms in total. The second-order valence-corrected chi connectivity index (χ2v) is 7.79. The quantitative estimate of drug-likeness (QED) is 0.659. The van der Waals surface area contributed by atoms with Gasteiger partial charge in [-0.15, -0.1) is 0 Å². The van der Waals surface area contributed by atoms with E-state index in [9.17, 15) is 0 Å². The van der Waals surface area contributed by atoms with Gasteiger partial charge in [-0.2, -0.15) is 0 Å². The van der Waals surface area contributed by atoms with E-state index < -0.39 is 0 Å². The molecule has 4 heteroatoms. The van der Waals surface area contributed by atoms with E-state index in [4.69, 9.17) is 0 Å². The van der Waals surface area contributed by atoms with Gasteiger partial charge in [0.2, 0.25) is 0 Å². The van der Waals surface area contributed by atoms with Crippen molar-refractivity contribution in [2.24, 2.45) is 16.8 Å². The zero-order valence-corrected chi connectivity index (χ0v) is 16.0. The van der Waals surface area contributed by atoms with Crippen LogP contribution >= 0.6 is 0 Å². The molecule has 0 radical (unpaired) electrons. The number of rotatable bonds is 5. The van der Waals surface area contributed by atoms with E-state index in [2.05, 4.69) is 57.4 Å². The van der Waals surface area contributed by atoms with Crippen LogP contribution in [0.15, 0.2) is 35.3 Å². The summed E-state index contributed by atoms with van der Waals surface area (Å²) in [5.41, 5.74) is 1.45. The van der Waals surface area contributed by atoms with Crippen LogP contribution in [0.5, 0.6) is 0 Å². The zero-order valence-electron chi connectivity index (χ0n) is 16.0. The van der Waals surface area contributed by atoms with Crippen molar-refractivity contribution in [3.05, 3.63) is 35.9 Å². The van der Waals surface area contributed by atoms with E-state index in [1.54, 1.807) is 0 Å². The Morgan fingerprint density at radius 3 is 2.60 bits per heavy atom. The number of guanidine groups is 1. The highest BCUT2D eigenvalue weighted by Gasteiger charge is 2.24. The third kappa shape index (κ3) is 5.46. The number of aliphatic imine (C=N–C) groups is 1. The van der Waals surface area contributed by atoms with Gasteiger partial charge in [0.1, 0.15) is 0 Å². The molecule has 2 aliphatic heterocycles. The highest BCUT2D eigenvalue weighted by Crippen LogP contribution is 2.18. The lowest BCUT2D eigenvalue weighted by atomic mass is 9.99. The van der Waals surface area contributed by atoms with E-state index in [0.29, 0.717) is 0 Å². The van der Waals surface area contributed by atoms with Crippen LogP contribution < -0.4 is 5.32 Å². The maximum absolute atomic E-state index is 4.51. The second-order valence-electron chi connectivity index (χ2n) is 7.79. The number of nitrogens with one attached hydrogen (secondary N) is 1. The van der Waals surface area contributed by atoms with E-state index in [1.807, 2.05) is 7.05 Å². The maximum Gasteiger partial charge on any atom is 0.193 e. The highest BCUT2D eigenvalue weighted by atomic mass is 15.3. The summed E-state index contributed by atoms with van der Waals surface area (Å²) in [6.45, 7) is 9.34. The number of hydrogen-bond donors (Lipinski definition) is 1. The predicted octanol–water partition coefficient (Wildman–Crippen LogP) is 2.86. The summed E-state index contributed by atoms with van der Waals surface area (Å²) in [5.74, 6) is 2.72. The summed E-state index contributed by atoms with van der Waals surface area (Å²) in [6, 6.07) is 10.8. The second kappa shape index (κ2) is 9.23. The fourth-order valence-corrected chi connectivity index (χ4v) is 4.00. The van der Waals surface area contributed by atoms with Crippen LogP contribution in [0.3, 0.4) is 0 Å². The summed E-state index contributed by atoms with van der Waals surface area (Å²) >= 11 is 0. The fourth-order valence-electron chi connectivity index (χ4n) is 4.00. The topological polar surface area (TPSA) is 30.9 Å². The smallest absolute Gasteiger partial charge is 0.193 e. The third-order valence-electron chi connectivity index (χ3n) is 5.77. The first-order valence-corrected chi connectivity index (χ1v) is 9.96. The monoisotopic (exact) mass is 342 g/mol. The Balaban J connectivity index is 1.37.